The smallest absolute Gasteiger partial charge is 0.325 e. The number of fused-ring (bicyclic) bond motifs is 3. The number of hydrogen-bond acceptors (Lipinski definition) is 5. The maximum Gasteiger partial charge on any atom is 0.325 e. The number of amides is 1. The van der Waals surface area contributed by atoms with Crippen LogP contribution in [0.1, 0.15) is 38.4 Å². The Morgan fingerprint density at radius 2 is 1.94 bits per heavy atom. The van der Waals surface area contributed by atoms with Gasteiger partial charge in [0.1, 0.15) is 5.75 Å². The molecule has 8 heteroatoms. The SMILES string of the molecule is CCCOc1ccccc1C1N(C(=O)CC)c2ccccc2-c2c(=O)[nH]c(SC)n[n+]21. The molecule has 1 N–H and O–H groups in total. The van der Waals surface area contributed by atoms with Crippen molar-refractivity contribution in [3.63, 3.8) is 0 Å². The van der Waals surface area contributed by atoms with Gasteiger partial charge in [-0.15, -0.1) is 0 Å². The first-order valence-electron chi connectivity index (χ1n) is 10.3. The van der Waals surface area contributed by atoms with Gasteiger partial charge in [0.2, 0.25) is 11.1 Å². The Hall–Kier alpha value is -3.13. The van der Waals surface area contributed by atoms with Crippen molar-refractivity contribution >= 4 is 23.4 Å². The zero-order valence-electron chi connectivity index (χ0n) is 17.8. The van der Waals surface area contributed by atoms with Crippen LogP contribution in [0.3, 0.4) is 0 Å². The fraction of sp³-hybridized carbons (Fsp3) is 0.304. The minimum atomic E-state index is -0.640. The van der Waals surface area contributed by atoms with Crippen LogP contribution in [0.5, 0.6) is 5.75 Å². The number of para-hydroxylation sites is 2. The van der Waals surface area contributed by atoms with E-state index >= 15 is 0 Å². The molecule has 1 atom stereocenters. The molecule has 31 heavy (non-hydrogen) atoms. The predicted molar refractivity (Wildman–Crippen MR) is 120 cm³/mol. The largest absolute Gasteiger partial charge is 0.493 e. The lowest BCUT2D eigenvalue weighted by molar-refractivity contribution is -0.763. The molecule has 160 valence electrons. The number of carbonyl (C=O) groups is 1. The minimum Gasteiger partial charge on any atom is -0.493 e. The molecule has 4 rings (SSSR count). The highest BCUT2D eigenvalue weighted by Crippen LogP contribution is 2.39. The highest BCUT2D eigenvalue weighted by Gasteiger charge is 2.46. The summed E-state index contributed by atoms with van der Waals surface area (Å²) >= 11 is 1.35. The molecule has 3 aromatic rings. The number of aromatic amines is 1. The number of thioether (sulfide) groups is 1. The number of benzene rings is 2. The summed E-state index contributed by atoms with van der Waals surface area (Å²) in [6, 6.07) is 15.1. The van der Waals surface area contributed by atoms with Crippen molar-refractivity contribution in [2.24, 2.45) is 0 Å². The van der Waals surface area contributed by atoms with E-state index in [2.05, 4.69) is 4.98 Å². The fourth-order valence-electron chi connectivity index (χ4n) is 3.82. The molecular formula is C23H25N4O3S+. The second-order valence-electron chi connectivity index (χ2n) is 7.15. The van der Waals surface area contributed by atoms with Crippen molar-refractivity contribution < 1.29 is 14.2 Å². The van der Waals surface area contributed by atoms with Crippen LogP contribution >= 0.6 is 11.8 Å². The van der Waals surface area contributed by atoms with Crippen molar-refractivity contribution in [3.05, 3.63) is 64.4 Å². The fourth-order valence-corrected chi connectivity index (χ4v) is 4.19. The van der Waals surface area contributed by atoms with Gasteiger partial charge in [-0.25, -0.2) is 4.90 Å². The molecule has 1 unspecified atom stereocenters. The van der Waals surface area contributed by atoms with Gasteiger partial charge in [0.05, 0.1) is 23.4 Å². The highest BCUT2D eigenvalue weighted by atomic mass is 32.2. The van der Waals surface area contributed by atoms with Gasteiger partial charge in [-0.05, 0) is 41.6 Å². The Balaban J connectivity index is 2.05. The van der Waals surface area contributed by atoms with Crippen molar-refractivity contribution in [1.29, 1.82) is 0 Å². The second kappa shape index (κ2) is 8.93. The molecule has 0 spiro atoms. The minimum absolute atomic E-state index is 0.0614. The summed E-state index contributed by atoms with van der Waals surface area (Å²) in [5, 5.41) is 5.19. The zero-order valence-corrected chi connectivity index (χ0v) is 18.6. The summed E-state index contributed by atoms with van der Waals surface area (Å²) in [5.74, 6) is 0.613. The molecule has 1 aliphatic rings. The van der Waals surface area contributed by atoms with Crippen molar-refractivity contribution in [2.75, 3.05) is 17.8 Å². The summed E-state index contributed by atoms with van der Waals surface area (Å²) in [5.41, 5.74) is 2.32. The number of rotatable bonds is 6. The average molecular weight is 438 g/mol. The Kier molecular flexibility index (Phi) is 6.08. The standard InChI is InChI=1S/C23H24N4O3S/c1-4-14-30-18-13-9-7-11-16(18)22-26(19(28)5-2)17-12-8-6-10-15(17)20-21(29)24-23(31-3)25-27(20)22/h6-13,22H,4-5,14H2,1-3H3/p+1. The van der Waals surface area contributed by atoms with E-state index in [1.165, 1.54) is 11.8 Å². The monoisotopic (exact) mass is 437 g/mol. The molecule has 1 aliphatic heterocycles. The van der Waals surface area contributed by atoms with Gasteiger partial charge in [0.25, 0.3) is 6.17 Å². The lowest BCUT2D eigenvalue weighted by Crippen LogP contribution is -2.60. The maximum atomic E-state index is 13.2. The van der Waals surface area contributed by atoms with Crippen LogP contribution in [0.15, 0.2) is 58.5 Å². The Morgan fingerprint density at radius 1 is 1.19 bits per heavy atom. The van der Waals surface area contributed by atoms with Crippen LogP contribution in [0.2, 0.25) is 0 Å². The lowest BCUT2D eigenvalue weighted by atomic mass is 10.0. The number of aromatic nitrogens is 3. The molecule has 2 aromatic carbocycles. The third kappa shape index (κ3) is 3.72. The normalized spacial score (nSPS) is 14.7. The van der Waals surface area contributed by atoms with Gasteiger partial charge in [0.15, 0.2) is 0 Å². The number of hydrogen-bond donors (Lipinski definition) is 1. The van der Waals surface area contributed by atoms with Crippen LogP contribution in [0.4, 0.5) is 5.69 Å². The van der Waals surface area contributed by atoms with E-state index in [0.717, 1.165) is 12.0 Å². The molecule has 0 saturated carbocycles. The predicted octanol–water partition coefficient (Wildman–Crippen LogP) is 3.54. The third-order valence-electron chi connectivity index (χ3n) is 5.18. The Morgan fingerprint density at radius 3 is 2.68 bits per heavy atom. The van der Waals surface area contributed by atoms with Gasteiger partial charge < -0.3 is 4.74 Å². The molecule has 0 saturated heterocycles. The van der Waals surface area contributed by atoms with E-state index in [0.29, 0.717) is 40.9 Å². The van der Waals surface area contributed by atoms with Crippen LogP contribution in [0.25, 0.3) is 11.3 Å². The van der Waals surface area contributed by atoms with E-state index in [9.17, 15) is 9.59 Å². The van der Waals surface area contributed by atoms with Crippen LogP contribution < -0.4 is 19.9 Å². The van der Waals surface area contributed by atoms with Gasteiger partial charge in [-0.1, -0.05) is 49.9 Å². The van der Waals surface area contributed by atoms with Crippen LogP contribution in [-0.4, -0.2) is 28.9 Å². The summed E-state index contributed by atoms with van der Waals surface area (Å²) in [6.07, 6.45) is 2.39. The van der Waals surface area contributed by atoms with E-state index in [1.54, 1.807) is 9.58 Å². The first kappa shape index (κ1) is 21.1. The highest BCUT2D eigenvalue weighted by molar-refractivity contribution is 7.98. The average Bonchev–Trinajstić information content (AvgIpc) is 2.81. The van der Waals surface area contributed by atoms with E-state index in [1.807, 2.05) is 68.6 Å². The summed E-state index contributed by atoms with van der Waals surface area (Å²) in [6.45, 7) is 4.43. The van der Waals surface area contributed by atoms with Gasteiger partial charge in [-0.3, -0.25) is 14.6 Å². The third-order valence-corrected chi connectivity index (χ3v) is 5.75. The second-order valence-corrected chi connectivity index (χ2v) is 7.95. The lowest BCUT2D eigenvalue weighted by Gasteiger charge is -2.32. The molecule has 1 amide bonds. The maximum absolute atomic E-state index is 13.2. The quantitative estimate of drug-likeness (QED) is 0.471. The summed E-state index contributed by atoms with van der Waals surface area (Å²) in [4.78, 5) is 30.9. The van der Waals surface area contributed by atoms with Crippen molar-refractivity contribution in [2.45, 2.75) is 38.0 Å². The number of nitrogens with zero attached hydrogens (tertiary/aromatic N) is 3. The first-order chi connectivity index (χ1) is 15.1. The van der Waals surface area contributed by atoms with Crippen molar-refractivity contribution in [1.82, 2.24) is 10.1 Å². The Bertz CT molecular complexity index is 1180. The number of ether oxygens (including phenoxy) is 1. The molecule has 0 bridgehead atoms. The van der Waals surface area contributed by atoms with Gasteiger partial charge >= 0.3 is 11.3 Å². The summed E-state index contributed by atoms with van der Waals surface area (Å²) < 4.78 is 7.68. The van der Waals surface area contributed by atoms with Crippen LogP contribution in [0, 0.1) is 0 Å². The summed E-state index contributed by atoms with van der Waals surface area (Å²) in [7, 11) is 0. The number of H-pyrrole nitrogens is 1. The van der Waals surface area contributed by atoms with Gasteiger partial charge in [0, 0.05) is 11.5 Å². The topological polar surface area (TPSA) is 79.2 Å². The van der Waals surface area contributed by atoms with E-state index < -0.39 is 6.17 Å². The molecule has 7 nitrogen and oxygen atoms in total. The zero-order chi connectivity index (χ0) is 22.0. The van der Waals surface area contributed by atoms with Gasteiger partial charge in [-0.2, -0.15) is 0 Å². The Labute approximate surface area is 185 Å². The van der Waals surface area contributed by atoms with E-state index in [4.69, 9.17) is 9.84 Å². The number of carbonyl (C=O) groups excluding carboxylic acids is 1. The molecular weight excluding hydrogens is 412 g/mol. The first-order valence-corrected chi connectivity index (χ1v) is 11.6. The molecule has 0 aliphatic carbocycles. The van der Waals surface area contributed by atoms with E-state index in [-0.39, 0.29) is 11.5 Å². The van der Waals surface area contributed by atoms with Crippen LogP contribution in [-0.2, 0) is 4.79 Å². The number of nitrogens with one attached hydrogen (secondary N) is 1. The number of anilines is 1. The molecule has 0 radical (unpaired) electrons. The molecule has 2 heterocycles. The molecule has 1 aromatic heterocycles. The molecule has 0 fully saturated rings. The van der Waals surface area contributed by atoms with Crippen molar-refractivity contribution in [3.8, 4) is 17.0 Å².